The van der Waals surface area contributed by atoms with Crippen LogP contribution in [0.4, 0.5) is 0 Å². The van der Waals surface area contributed by atoms with E-state index < -0.39 is 8.25 Å². The maximum absolute atomic E-state index is 8.70. The van der Waals surface area contributed by atoms with Crippen LogP contribution in [0.15, 0.2) is 0 Å². The molecule has 0 radical (unpaired) electrons. The molecular weight excluding hydrogens is 309 g/mol. The van der Waals surface area contributed by atoms with Crippen molar-refractivity contribution < 1.29 is 14.4 Å². The SMILES string of the molecule is CCCCCCCCCCCCCCCCCCN.O=[P+](O)O. The van der Waals surface area contributed by atoms with Crippen molar-refractivity contribution >= 4 is 8.25 Å². The van der Waals surface area contributed by atoms with Gasteiger partial charge in [0, 0.05) is 4.57 Å². The van der Waals surface area contributed by atoms with Gasteiger partial charge in [-0.1, -0.05) is 103 Å². The molecule has 0 aliphatic rings. The standard InChI is InChI=1S/C18H39N.HO3P/c1-2-3-4-5-6-7-8-9-10-11-12-13-14-15-16-17-18-19;1-4(2)3/h2-19H2,1H3;(H-,1,2,3)/p+1. The van der Waals surface area contributed by atoms with Gasteiger partial charge in [0.15, 0.2) is 0 Å². The van der Waals surface area contributed by atoms with E-state index in [0.29, 0.717) is 0 Å². The van der Waals surface area contributed by atoms with Crippen molar-refractivity contribution in [2.45, 2.75) is 110 Å². The molecule has 0 spiro atoms. The molecule has 0 aromatic heterocycles. The molecule has 0 aliphatic carbocycles. The van der Waals surface area contributed by atoms with E-state index in [-0.39, 0.29) is 0 Å². The van der Waals surface area contributed by atoms with Crippen LogP contribution in [0.1, 0.15) is 110 Å². The van der Waals surface area contributed by atoms with Crippen molar-refractivity contribution in [3.05, 3.63) is 0 Å². The molecule has 140 valence electrons. The highest BCUT2D eigenvalue weighted by atomic mass is 31.1. The van der Waals surface area contributed by atoms with Crippen LogP contribution in [0.3, 0.4) is 0 Å². The molecule has 0 rings (SSSR count). The summed E-state index contributed by atoms with van der Waals surface area (Å²) in [6.45, 7) is 3.16. The van der Waals surface area contributed by atoms with Crippen molar-refractivity contribution in [3.63, 3.8) is 0 Å². The van der Waals surface area contributed by atoms with E-state index in [4.69, 9.17) is 20.1 Å². The van der Waals surface area contributed by atoms with Crippen LogP contribution < -0.4 is 5.73 Å². The van der Waals surface area contributed by atoms with Crippen LogP contribution in [0, 0.1) is 0 Å². The van der Waals surface area contributed by atoms with Gasteiger partial charge in [0.05, 0.1) is 0 Å². The molecule has 4 N–H and O–H groups in total. The maximum atomic E-state index is 8.70. The minimum absolute atomic E-state index is 0.873. The third-order valence-electron chi connectivity index (χ3n) is 4.06. The summed E-state index contributed by atoms with van der Waals surface area (Å²) in [6.07, 6.45) is 22.9. The minimum Gasteiger partial charge on any atom is -0.330 e. The number of nitrogens with two attached hydrogens (primary N) is 1. The molecular formula is C18H41NO3P+. The minimum atomic E-state index is -2.87. The number of rotatable bonds is 16. The van der Waals surface area contributed by atoms with Gasteiger partial charge in [-0.2, -0.15) is 0 Å². The Morgan fingerprint density at radius 1 is 0.609 bits per heavy atom. The predicted molar refractivity (Wildman–Crippen MR) is 101 cm³/mol. The fourth-order valence-electron chi connectivity index (χ4n) is 2.69. The molecule has 5 heteroatoms. The van der Waals surface area contributed by atoms with Crippen LogP contribution >= 0.6 is 8.25 Å². The summed E-state index contributed by atoms with van der Waals surface area (Å²) >= 11 is 0. The zero-order valence-electron chi connectivity index (χ0n) is 15.3. The lowest BCUT2D eigenvalue weighted by atomic mass is 10.0. The van der Waals surface area contributed by atoms with E-state index in [2.05, 4.69) is 6.92 Å². The second-order valence-corrected chi connectivity index (χ2v) is 6.85. The van der Waals surface area contributed by atoms with Gasteiger partial charge < -0.3 is 5.73 Å². The van der Waals surface area contributed by atoms with E-state index in [1.54, 1.807) is 0 Å². The third-order valence-corrected chi connectivity index (χ3v) is 4.06. The highest BCUT2D eigenvalue weighted by Crippen LogP contribution is 2.13. The predicted octanol–water partition coefficient (Wildman–Crippen LogP) is 5.84. The molecule has 4 nitrogen and oxygen atoms in total. The molecule has 0 amide bonds. The molecule has 0 saturated heterocycles. The van der Waals surface area contributed by atoms with Crippen LogP contribution in [-0.2, 0) is 4.57 Å². The molecule has 0 fully saturated rings. The Bertz CT molecular complexity index is 208. The smallest absolute Gasteiger partial charge is 0.330 e. The highest BCUT2D eigenvalue weighted by Gasteiger charge is 1.94. The molecule has 0 heterocycles. The van der Waals surface area contributed by atoms with Crippen molar-refractivity contribution in [3.8, 4) is 0 Å². The fourth-order valence-corrected chi connectivity index (χ4v) is 2.69. The lowest BCUT2D eigenvalue weighted by molar-refractivity contribution is 0.405. The van der Waals surface area contributed by atoms with Crippen LogP contribution in [0.25, 0.3) is 0 Å². The molecule has 0 unspecified atom stereocenters. The Morgan fingerprint density at radius 3 is 1.04 bits per heavy atom. The van der Waals surface area contributed by atoms with E-state index in [0.717, 1.165) is 6.54 Å². The molecule has 23 heavy (non-hydrogen) atoms. The maximum Gasteiger partial charge on any atom is 0.692 e. The number of hydrogen-bond acceptors (Lipinski definition) is 2. The summed E-state index contributed by atoms with van der Waals surface area (Å²) in [6, 6.07) is 0. The van der Waals surface area contributed by atoms with Gasteiger partial charge in [0.2, 0.25) is 0 Å². The van der Waals surface area contributed by atoms with Gasteiger partial charge in [-0.3, -0.25) is 0 Å². The first-order valence-corrected chi connectivity index (χ1v) is 10.9. The second kappa shape index (κ2) is 24.2. The van der Waals surface area contributed by atoms with Gasteiger partial charge in [-0.05, 0) is 13.0 Å². The van der Waals surface area contributed by atoms with Crippen molar-refractivity contribution in [2.24, 2.45) is 5.73 Å². The van der Waals surface area contributed by atoms with Gasteiger partial charge in [0.1, 0.15) is 0 Å². The van der Waals surface area contributed by atoms with Crippen molar-refractivity contribution in [1.82, 2.24) is 0 Å². The number of unbranched alkanes of at least 4 members (excludes halogenated alkanes) is 15. The summed E-state index contributed by atoms with van der Waals surface area (Å²) in [4.78, 5) is 14.2. The average Bonchev–Trinajstić information content (AvgIpc) is 2.50. The van der Waals surface area contributed by atoms with E-state index in [9.17, 15) is 0 Å². The van der Waals surface area contributed by atoms with Crippen molar-refractivity contribution in [2.75, 3.05) is 6.54 Å². The Labute approximate surface area is 145 Å². The average molecular weight is 351 g/mol. The van der Waals surface area contributed by atoms with Gasteiger partial charge in [-0.15, -0.1) is 9.79 Å². The quantitative estimate of drug-likeness (QED) is 0.241. The summed E-state index contributed by atoms with van der Waals surface area (Å²) in [7, 11) is -2.87. The topological polar surface area (TPSA) is 83.6 Å². The Morgan fingerprint density at radius 2 is 0.826 bits per heavy atom. The molecule has 0 saturated carbocycles. The third kappa shape index (κ3) is 34.4. The normalized spacial score (nSPS) is 10.3. The highest BCUT2D eigenvalue weighted by molar-refractivity contribution is 7.30. The Kier molecular flexibility index (Phi) is 26.6. The molecule has 0 atom stereocenters. The largest absolute Gasteiger partial charge is 0.692 e. The summed E-state index contributed by atoms with van der Waals surface area (Å²) in [5.74, 6) is 0. The molecule has 0 aliphatic heterocycles. The van der Waals surface area contributed by atoms with Gasteiger partial charge in [-0.25, -0.2) is 0 Å². The Hall–Kier alpha value is -0.0200. The van der Waals surface area contributed by atoms with Crippen LogP contribution in [-0.4, -0.2) is 16.3 Å². The Balaban J connectivity index is 0. The van der Waals surface area contributed by atoms with Crippen molar-refractivity contribution in [1.29, 1.82) is 0 Å². The first-order valence-electron chi connectivity index (χ1n) is 9.70. The first-order chi connectivity index (χ1) is 11.1. The lowest BCUT2D eigenvalue weighted by Gasteiger charge is -2.03. The van der Waals surface area contributed by atoms with Crippen LogP contribution in [0.5, 0.6) is 0 Å². The van der Waals surface area contributed by atoms with Gasteiger partial charge in [0.25, 0.3) is 0 Å². The fraction of sp³-hybridized carbons (Fsp3) is 1.00. The second-order valence-electron chi connectivity index (χ2n) is 6.34. The zero-order valence-corrected chi connectivity index (χ0v) is 16.2. The van der Waals surface area contributed by atoms with E-state index in [1.807, 2.05) is 0 Å². The van der Waals surface area contributed by atoms with Crippen LogP contribution in [0.2, 0.25) is 0 Å². The monoisotopic (exact) mass is 350 g/mol. The summed E-state index contributed by atoms with van der Waals surface area (Å²) in [5.41, 5.74) is 5.48. The first kappa shape index (κ1) is 25.2. The molecule has 0 aromatic rings. The molecule has 0 aromatic carbocycles. The number of hydrogen-bond donors (Lipinski definition) is 3. The summed E-state index contributed by atoms with van der Waals surface area (Å²) in [5, 5.41) is 0. The van der Waals surface area contributed by atoms with E-state index in [1.165, 1.54) is 103 Å². The molecule has 0 bridgehead atoms. The summed E-state index contributed by atoms with van der Waals surface area (Å²) < 4.78 is 8.70. The lowest BCUT2D eigenvalue weighted by Crippen LogP contribution is -1.97. The van der Waals surface area contributed by atoms with Gasteiger partial charge >= 0.3 is 8.25 Å². The zero-order chi connectivity index (χ0) is 17.6. The van der Waals surface area contributed by atoms with E-state index >= 15 is 0 Å².